The van der Waals surface area contributed by atoms with Crippen LogP contribution in [-0.4, -0.2) is 37.1 Å². The number of rotatable bonds is 6. The zero-order chi connectivity index (χ0) is 15.1. The lowest BCUT2D eigenvalue weighted by molar-refractivity contribution is -0.150. The number of carbonyl (C=O) groups is 1. The van der Waals surface area contributed by atoms with Crippen molar-refractivity contribution in [2.24, 2.45) is 5.92 Å². The number of nitrogens with zero attached hydrogens (tertiary/aromatic N) is 1. The van der Waals surface area contributed by atoms with Gasteiger partial charge in [0.1, 0.15) is 0 Å². The molecule has 0 atom stereocenters. The van der Waals surface area contributed by atoms with Crippen molar-refractivity contribution in [2.75, 3.05) is 26.2 Å². The Morgan fingerprint density at radius 2 is 1.95 bits per heavy atom. The van der Waals surface area contributed by atoms with Gasteiger partial charge in [0.15, 0.2) is 0 Å². The molecule has 0 spiro atoms. The Morgan fingerprint density at radius 1 is 1.29 bits per heavy atom. The van der Waals surface area contributed by atoms with E-state index in [-0.39, 0.29) is 11.9 Å². The Kier molecular flexibility index (Phi) is 6.71. The summed E-state index contributed by atoms with van der Waals surface area (Å²) in [5, 5.41) is 0. The molecule has 0 saturated carbocycles. The van der Waals surface area contributed by atoms with E-state index in [2.05, 4.69) is 45.1 Å². The highest BCUT2D eigenvalue weighted by molar-refractivity contribution is 9.10. The van der Waals surface area contributed by atoms with Gasteiger partial charge in [-0.2, -0.15) is 0 Å². The maximum Gasteiger partial charge on any atom is 0.309 e. The molecule has 21 heavy (non-hydrogen) atoms. The summed E-state index contributed by atoms with van der Waals surface area (Å²) >= 11 is 3.46. The van der Waals surface area contributed by atoms with E-state index in [1.807, 2.05) is 6.92 Å². The summed E-state index contributed by atoms with van der Waals surface area (Å²) in [6.45, 7) is 5.66. The molecule has 0 amide bonds. The zero-order valence-corrected chi connectivity index (χ0v) is 14.3. The van der Waals surface area contributed by atoms with Gasteiger partial charge >= 0.3 is 5.97 Å². The number of ether oxygens (including phenoxy) is 1. The Bertz CT molecular complexity index is 439. The van der Waals surface area contributed by atoms with E-state index >= 15 is 0 Å². The summed E-state index contributed by atoms with van der Waals surface area (Å²) in [5.41, 5.74) is 1.36. The fourth-order valence-electron chi connectivity index (χ4n) is 2.65. The maximum absolute atomic E-state index is 11.8. The Balaban J connectivity index is 1.69. The normalized spacial score (nSPS) is 16.9. The van der Waals surface area contributed by atoms with Crippen LogP contribution in [0.25, 0.3) is 0 Å². The van der Waals surface area contributed by atoms with Crippen LogP contribution in [0.4, 0.5) is 0 Å². The Hall–Kier alpha value is -0.870. The van der Waals surface area contributed by atoms with Crippen LogP contribution in [0.2, 0.25) is 0 Å². The quantitative estimate of drug-likeness (QED) is 0.731. The number of carbonyl (C=O) groups excluding carboxylic acids is 1. The van der Waals surface area contributed by atoms with E-state index in [0.717, 1.165) is 49.8 Å². The molecule has 1 aromatic rings. The first-order valence-corrected chi connectivity index (χ1v) is 8.61. The molecule has 0 bridgehead atoms. The van der Waals surface area contributed by atoms with Gasteiger partial charge in [-0.1, -0.05) is 35.0 Å². The average molecular weight is 354 g/mol. The lowest BCUT2D eigenvalue weighted by Gasteiger charge is -2.30. The van der Waals surface area contributed by atoms with Crippen LogP contribution < -0.4 is 0 Å². The molecule has 4 heteroatoms. The first kappa shape index (κ1) is 16.5. The van der Waals surface area contributed by atoms with Crippen LogP contribution in [0.5, 0.6) is 0 Å². The number of likely N-dealkylation sites (tertiary alicyclic amines) is 1. The molecule has 0 aromatic heterocycles. The van der Waals surface area contributed by atoms with Crippen LogP contribution in [0, 0.1) is 5.92 Å². The molecule has 1 fully saturated rings. The van der Waals surface area contributed by atoms with E-state index in [1.165, 1.54) is 5.56 Å². The summed E-state index contributed by atoms with van der Waals surface area (Å²) in [6, 6.07) is 8.51. The summed E-state index contributed by atoms with van der Waals surface area (Å²) in [4.78, 5) is 14.3. The molecule has 0 unspecified atom stereocenters. The first-order chi connectivity index (χ1) is 10.2. The van der Waals surface area contributed by atoms with Gasteiger partial charge in [0.05, 0.1) is 12.5 Å². The molecular formula is C17H24BrNO2. The minimum Gasteiger partial charge on any atom is -0.465 e. The predicted octanol–water partition coefficient (Wildman–Crippen LogP) is 3.66. The third-order valence-corrected chi connectivity index (χ3v) is 4.53. The lowest BCUT2D eigenvalue weighted by Crippen LogP contribution is -2.38. The topological polar surface area (TPSA) is 29.5 Å². The van der Waals surface area contributed by atoms with Crippen molar-refractivity contribution < 1.29 is 9.53 Å². The van der Waals surface area contributed by atoms with Gasteiger partial charge < -0.3 is 9.64 Å². The maximum atomic E-state index is 11.8. The zero-order valence-electron chi connectivity index (χ0n) is 12.7. The standard InChI is InChI=1S/C17H24BrNO2/c1-2-13-21-17(20)15-8-11-19(12-9-15)10-7-14-3-5-16(18)6-4-14/h3-6,15H,2,7-13H2,1H3. The highest BCUT2D eigenvalue weighted by Gasteiger charge is 2.25. The fourth-order valence-corrected chi connectivity index (χ4v) is 2.92. The third kappa shape index (κ3) is 5.44. The first-order valence-electron chi connectivity index (χ1n) is 7.82. The number of hydrogen-bond acceptors (Lipinski definition) is 3. The summed E-state index contributed by atoms with van der Waals surface area (Å²) in [7, 11) is 0. The number of hydrogen-bond donors (Lipinski definition) is 0. The molecule has 0 aliphatic carbocycles. The van der Waals surface area contributed by atoms with Crippen LogP contribution in [0.3, 0.4) is 0 Å². The van der Waals surface area contributed by atoms with Gasteiger partial charge in [0.25, 0.3) is 0 Å². The van der Waals surface area contributed by atoms with Crippen molar-refractivity contribution in [2.45, 2.75) is 32.6 Å². The van der Waals surface area contributed by atoms with E-state index in [1.54, 1.807) is 0 Å². The van der Waals surface area contributed by atoms with Crippen molar-refractivity contribution in [1.29, 1.82) is 0 Å². The third-order valence-electron chi connectivity index (χ3n) is 4.00. The molecule has 1 saturated heterocycles. The molecule has 0 radical (unpaired) electrons. The van der Waals surface area contributed by atoms with E-state index < -0.39 is 0 Å². The molecule has 3 nitrogen and oxygen atoms in total. The van der Waals surface area contributed by atoms with Gasteiger partial charge in [-0.3, -0.25) is 4.79 Å². The number of esters is 1. The van der Waals surface area contributed by atoms with Gasteiger partial charge in [0.2, 0.25) is 0 Å². The highest BCUT2D eigenvalue weighted by atomic mass is 79.9. The van der Waals surface area contributed by atoms with Crippen molar-refractivity contribution in [3.8, 4) is 0 Å². The SMILES string of the molecule is CCCOC(=O)C1CCN(CCc2ccc(Br)cc2)CC1. The number of halogens is 1. The monoisotopic (exact) mass is 353 g/mol. The molecule has 1 aliphatic heterocycles. The second-order valence-electron chi connectivity index (χ2n) is 5.66. The van der Waals surface area contributed by atoms with Crippen LogP contribution in [-0.2, 0) is 16.0 Å². The minimum atomic E-state index is 0.00408. The van der Waals surface area contributed by atoms with Gasteiger partial charge in [-0.15, -0.1) is 0 Å². The minimum absolute atomic E-state index is 0.00408. The van der Waals surface area contributed by atoms with E-state index in [4.69, 9.17) is 4.74 Å². The molecule has 116 valence electrons. The van der Waals surface area contributed by atoms with Gasteiger partial charge in [-0.25, -0.2) is 0 Å². The predicted molar refractivity (Wildman–Crippen MR) is 88.3 cm³/mol. The smallest absolute Gasteiger partial charge is 0.309 e. The Morgan fingerprint density at radius 3 is 2.57 bits per heavy atom. The second kappa shape index (κ2) is 8.54. The van der Waals surface area contributed by atoms with Crippen LogP contribution in [0.1, 0.15) is 31.7 Å². The summed E-state index contributed by atoms with van der Waals surface area (Å²) in [6.07, 6.45) is 3.84. The molecule has 0 N–H and O–H groups in total. The van der Waals surface area contributed by atoms with Gasteiger partial charge in [-0.05, 0) is 56.5 Å². The van der Waals surface area contributed by atoms with Crippen LogP contribution >= 0.6 is 15.9 Å². The van der Waals surface area contributed by atoms with Crippen molar-refractivity contribution in [1.82, 2.24) is 4.90 Å². The van der Waals surface area contributed by atoms with Gasteiger partial charge in [0, 0.05) is 11.0 Å². The average Bonchev–Trinajstić information content (AvgIpc) is 2.52. The lowest BCUT2D eigenvalue weighted by atomic mass is 9.96. The van der Waals surface area contributed by atoms with E-state index in [0.29, 0.717) is 6.61 Å². The van der Waals surface area contributed by atoms with Crippen LogP contribution in [0.15, 0.2) is 28.7 Å². The number of piperidine rings is 1. The van der Waals surface area contributed by atoms with Crippen molar-refractivity contribution in [3.05, 3.63) is 34.3 Å². The van der Waals surface area contributed by atoms with Crippen molar-refractivity contribution >= 4 is 21.9 Å². The molecule has 1 aromatic carbocycles. The fraction of sp³-hybridized carbons (Fsp3) is 0.588. The highest BCUT2D eigenvalue weighted by Crippen LogP contribution is 2.19. The number of benzene rings is 1. The van der Waals surface area contributed by atoms with Crippen molar-refractivity contribution in [3.63, 3.8) is 0 Å². The second-order valence-corrected chi connectivity index (χ2v) is 6.58. The summed E-state index contributed by atoms with van der Waals surface area (Å²) < 4.78 is 6.37. The molecule has 1 heterocycles. The molecule has 1 aliphatic rings. The largest absolute Gasteiger partial charge is 0.465 e. The summed E-state index contributed by atoms with van der Waals surface area (Å²) in [5.74, 6) is 0.116. The van der Waals surface area contributed by atoms with E-state index in [9.17, 15) is 4.79 Å². The Labute approximate surface area is 135 Å². The molecular weight excluding hydrogens is 330 g/mol. The molecule has 2 rings (SSSR count).